The third-order valence-electron chi connectivity index (χ3n) is 8.28. The van der Waals surface area contributed by atoms with Gasteiger partial charge in [0.1, 0.15) is 11.7 Å². The molecule has 1 N–H and O–H groups in total. The Bertz CT molecular complexity index is 1060. The molecule has 2 aromatic rings. The van der Waals surface area contributed by atoms with Crippen LogP contribution in [-0.4, -0.2) is 64.9 Å². The maximum atomic E-state index is 14.1. The normalized spacial score (nSPS) is 22.0. The zero-order valence-electron chi connectivity index (χ0n) is 22.0. The first-order valence-electron chi connectivity index (χ1n) is 13.6. The number of nitrogens with one attached hydrogen (secondary N) is 1. The molecule has 6 heteroatoms. The number of benzene rings is 2. The van der Waals surface area contributed by atoms with Crippen molar-refractivity contribution >= 4 is 11.9 Å². The average Bonchev–Trinajstić information content (AvgIpc) is 3.71. The van der Waals surface area contributed by atoms with Crippen LogP contribution in [0.4, 0.5) is 4.79 Å². The number of aryl methyl sites for hydroxylation is 1. The van der Waals surface area contributed by atoms with Crippen LogP contribution in [0, 0.1) is 0 Å². The Labute approximate surface area is 215 Å². The van der Waals surface area contributed by atoms with E-state index in [1.807, 2.05) is 24.8 Å². The van der Waals surface area contributed by atoms with Crippen LogP contribution in [-0.2, 0) is 11.2 Å². The molecule has 3 fully saturated rings. The first kappa shape index (κ1) is 24.8. The van der Waals surface area contributed by atoms with Gasteiger partial charge in [0, 0.05) is 25.7 Å². The number of nitrogens with zero attached hydrogens (tertiary/aromatic N) is 3. The van der Waals surface area contributed by atoms with Crippen molar-refractivity contribution < 1.29 is 9.59 Å². The van der Waals surface area contributed by atoms with Gasteiger partial charge in [-0.15, -0.1) is 0 Å². The van der Waals surface area contributed by atoms with Crippen molar-refractivity contribution in [3.63, 3.8) is 0 Å². The van der Waals surface area contributed by atoms with Crippen LogP contribution in [0.5, 0.6) is 0 Å². The Hall–Kier alpha value is -2.86. The summed E-state index contributed by atoms with van der Waals surface area (Å²) in [6.07, 6.45) is 5.72. The van der Waals surface area contributed by atoms with Crippen molar-refractivity contribution in [2.24, 2.45) is 0 Å². The minimum atomic E-state index is -0.554. The number of hydrogen-bond donors (Lipinski definition) is 1. The second-order valence-electron chi connectivity index (χ2n) is 11.1. The molecule has 1 atom stereocenters. The van der Waals surface area contributed by atoms with Crippen LogP contribution in [0.15, 0.2) is 54.6 Å². The number of amides is 3. The third-order valence-corrected chi connectivity index (χ3v) is 8.28. The van der Waals surface area contributed by atoms with Gasteiger partial charge in [0.25, 0.3) is 0 Å². The third kappa shape index (κ3) is 4.88. The molecule has 1 aliphatic carbocycles. The molecular formula is C30H40N4O2. The van der Waals surface area contributed by atoms with Gasteiger partial charge in [-0.3, -0.25) is 9.69 Å². The number of likely N-dealkylation sites (tertiary alicyclic amines) is 1. The van der Waals surface area contributed by atoms with Crippen molar-refractivity contribution in [1.29, 1.82) is 0 Å². The SMILES string of the molecule is CC(C)NC(=O)N1CCC2(CC1)C(=O)N(CCCc1ccccc1)C(c1ccc(C3CC3)cc1)N2C. The fourth-order valence-electron chi connectivity index (χ4n) is 6.04. The number of hydrogen-bond acceptors (Lipinski definition) is 3. The molecule has 1 unspecified atom stereocenters. The largest absolute Gasteiger partial charge is 0.336 e. The number of carbonyl (C=O) groups is 2. The van der Waals surface area contributed by atoms with E-state index in [1.165, 1.54) is 29.5 Å². The smallest absolute Gasteiger partial charge is 0.317 e. The fraction of sp³-hybridized carbons (Fsp3) is 0.533. The lowest BCUT2D eigenvalue weighted by atomic mass is 9.86. The summed E-state index contributed by atoms with van der Waals surface area (Å²) in [7, 11) is 2.11. The highest BCUT2D eigenvalue weighted by Gasteiger charge is 2.57. The maximum Gasteiger partial charge on any atom is 0.317 e. The summed E-state index contributed by atoms with van der Waals surface area (Å²) in [4.78, 5) is 33.0. The lowest BCUT2D eigenvalue weighted by molar-refractivity contribution is -0.135. The molecule has 0 bridgehead atoms. The number of rotatable bonds is 7. The first-order valence-corrected chi connectivity index (χ1v) is 13.6. The zero-order chi connectivity index (χ0) is 25.3. The van der Waals surface area contributed by atoms with Gasteiger partial charge in [0.15, 0.2) is 0 Å². The molecule has 3 amide bonds. The van der Waals surface area contributed by atoms with E-state index in [9.17, 15) is 9.59 Å². The van der Waals surface area contributed by atoms with Gasteiger partial charge in [-0.25, -0.2) is 4.79 Å². The van der Waals surface area contributed by atoms with E-state index in [-0.39, 0.29) is 24.1 Å². The molecule has 6 nitrogen and oxygen atoms in total. The lowest BCUT2D eigenvalue weighted by Gasteiger charge is -2.42. The van der Waals surface area contributed by atoms with E-state index >= 15 is 0 Å². The topological polar surface area (TPSA) is 55.9 Å². The second kappa shape index (κ2) is 10.3. The summed E-state index contributed by atoms with van der Waals surface area (Å²) in [5.41, 5.74) is 3.36. The minimum absolute atomic E-state index is 0.0279. The van der Waals surface area contributed by atoms with E-state index in [0.717, 1.165) is 25.3 Å². The van der Waals surface area contributed by atoms with E-state index in [4.69, 9.17) is 0 Å². The van der Waals surface area contributed by atoms with Crippen LogP contribution >= 0.6 is 0 Å². The minimum Gasteiger partial charge on any atom is -0.336 e. The van der Waals surface area contributed by atoms with Gasteiger partial charge in [-0.2, -0.15) is 0 Å². The summed E-state index contributed by atoms with van der Waals surface area (Å²) in [6, 6.07) is 19.6. The van der Waals surface area contributed by atoms with Gasteiger partial charge in [-0.05, 0) is 82.0 Å². The van der Waals surface area contributed by atoms with Crippen LogP contribution in [0.3, 0.4) is 0 Å². The van der Waals surface area contributed by atoms with Crippen molar-refractivity contribution in [1.82, 2.24) is 20.0 Å². The summed E-state index contributed by atoms with van der Waals surface area (Å²) in [6.45, 7) is 5.88. The summed E-state index contributed by atoms with van der Waals surface area (Å²) in [5, 5.41) is 3.00. The van der Waals surface area contributed by atoms with Gasteiger partial charge in [-0.1, -0.05) is 54.6 Å². The van der Waals surface area contributed by atoms with E-state index in [2.05, 4.69) is 70.7 Å². The number of likely N-dealkylation sites (N-methyl/N-ethyl adjacent to an activating group) is 1. The molecule has 5 rings (SSSR count). The predicted molar refractivity (Wildman–Crippen MR) is 143 cm³/mol. The molecule has 192 valence electrons. The molecule has 2 saturated heterocycles. The summed E-state index contributed by atoms with van der Waals surface area (Å²) < 4.78 is 0. The van der Waals surface area contributed by atoms with Crippen molar-refractivity contribution in [2.75, 3.05) is 26.7 Å². The van der Waals surface area contributed by atoms with E-state index < -0.39 is 5.54 Å². The van der Waals surface area contributed by atoms with Gasteiger partial charge < -0.3 is 15.1 Å². The Morgan fingerprint density at radius 1 is 1.00 bits per heavy atom. The van der Waals surface area contributed by atoms with Crippen LogP contribution in [0.25, 0.3) is 0 Å². The quantitative estimate of drug-likeness (QED) is 0.602. The number of urea groups is 1. The van der Waals surface area contributed by atoms with Crippen molar-refractivity contribution in [3.8, 4) is 0 Å². The van der Waals surface area contributed by atoms with Gasteiger partial charge in [0.05, 0.1) is 0 Å². The van der Waals surface area contributed by atoms with Gasteiger partial charge in [0.2, 0.25) is 5.91 Å². The molecule has 2 heterocycles. The Kier molecular flexibility index (Phi) is 7.07. The van der Waals surface area contributed by atoms with Crippen molar-refractivity contribution in [3.05, 3.63) is 71.3 Å². The summed E-state index contributed by atoms with van der Waals surface area (Å²) >= 11 is 0. The molecule has 1 spiro atoms. The van der Waals surface area contributed by atoms with E-state index in [1.54, 1.807) is 0 Å². The first-order chi connectivity index (χ1) is 17.4. The second-order valence-corrected chi connectivity index (χ2v) is 11.1. The van der Waals surface area contributed by atoms with Crippen molar-refractivity contribution in [2.45, 2.75) is 76.0 Å². The molecule has 3 aliphatic rings. The van der Waals surface area contributed by atoms with Crippen LogP contribution in [0.2, 0.25) is 0 Å². The standard InChI is InChI=1S/C30H40N4O2/c1-22(2)31-29(36)33-20-17-30(18-21-33)28(35)34(19-7-10-23-8-5-4-6-9-23)27(32(30)3)26-15-13-25(14-16-26)24-11-12-24/h4-6,8-9,13-16,22,24,27H,7,10-12,17-21H2,1-3H3,(H,31,36). The highest BCUT2D eigenvalue weighted by molar-refractivity contribution is 5.89. The number of piperidine rings is 1. The average molecular weight is 489 g/mol. The molecule has 2 aliphatic heterocycles. The zero-order valence-corrected chi connectivity index (χ0v) is 22.0. The highest BCUT2D eigenvalue weighted by Crippen LogP contribution is 2.46. The predicted octanol–water partition coefficient (Wildman–Crippen LogP) is 4.92. The lowest BCUT2D eigenvalue weighted by Crippen LogP contribution is -2.57. The molecule has 0 aromatic heterocycles. The summed E-state index contributed by atoms with van der Waals surface area (Å²) in [5.74, 6) is 0.940. The molecule has 36 heavy (non-hydrogen) atoms. The Morgan fingerprint density at radius 2 is 1.64 bits per heavy atom. The van der Waals surface area contributed by atoms with Gasteiger partial charge >= 0.3 is 6.03 Å². The van der Waals surface area contributed by atoms with Crippen LogP contribution in [0.1, 0.15) is 74.7 Å². The van der Waals surface area contributed by atoms with E-state index in [0.29, 0.717) is 25.9 Å². The Balaban J connectivity index is 1.35. The molecule has 2 aromatic carbocycles. The molecule has 0 radical (unpaired) electrons. The highest BCUT2D eigenvalue weighted by atomic mass is 16.2. The monoisotopic (exact) mass is 488 g/mol. The molecule has 1 saturated carbocycles. The number of carbonyl (C=O) groups excluding carboxylic acids is 2. The van der Waals surface area contributed by atoms with Crippen LogP contribution < -0.4 is 5.32 Å². The molecular weight excluding hydrogens is 448 g/mol. The maximum absolute atomic E-state index is 14.1. The fourth-order valence-corrected chi connectivity index (χ4v) is 6.04. The Morgan fingerprint density at radius 3 is 2.25 bits per heavy atom.